The molecule has 0 aliphatic heterocycles. The normalized spacial score (nSPS) is 16.0. The predicted molar refractivity (Wildman–Crippen MR) is 64.4 cm³/mol. The fraction of sp³-hybridized carbons (Fsp3) is 0.500. The molecule has 3 nitrogen and oxygen atoms in total. The Balaban J connectivity index is 1.63. The van der Waals surface area contributed by atoms with Crippen molar-refractivity contribution in [2.75, 3.05) is 6.61 Å². The zero-order valence-corrected chi connectivity index (χ0v) is 9.93. The largest absolute Gasteiger partial charge is 0.461 e. The molecule has 1 aliphatic carbocycles. The van der Waals surface area contributed by atoms with Crippen molar-refractivity contribution in [2.45, 2.75) is 38.4 Å². The molecule has 1 aliphatic rings. The summed E-state index contributed by atoms with van der Waals surface area (Å²) in [4.78, 5) is 11.4. The Hall–Kier alpha value is -1.35. The van der Waals surface area contributed by atoms with Gasteiger partial charge >= 0.3 is 5.97 Å². The minimum absolute atomic E-state index is 0.0470. The van der Waals surface area contributed by atoms with E-state index in [9.17, 15) is 4.79 Å². The Labute approximate surface area is 102 Å². The number of hydrogen-bond acceptors (Lipinski definition) is 3. The van der Waals surface area contributed by atoms with Crippen molar-refractivity contribution >= 4 is 5.97 Å². The topological polar surface area (TPSA) is 35.5 Å². The maximum atomic E-state index is 11.4. The average Bonchev–Trinajstić information content (AvgIpc) is 2.83. The summed E-state index contributed by atoms with van der Waals surface area (Å²) in [5, 5.41) is 0. The first kappa shape index (κ1) is 12.1. The summed E-state index contributed by atoms with van der Waals surface area (Å²) < 4.78 is 10.6. The molecule has 0 spiro atoms. The molecule has 0 aromatic heterocycles. The molecule has 0 saturated heterocycles. The molecule has 0 atom stereocenters. The van der Waals surface area contributed by atoms with Gasteiger partial charge in [-0.2, -0.15) is 0 Å². The van der Waals surface area contributed by atoms with E-state index < -0.39 is 0 Å². The first-order chi connectivity index (χ1) is 8.34. The quantitative estimate of drug-likeness (QED) is 0.735. The molecule has 0 bridgehead atoms. The third-order valence-electron chi connectivity index (χ3n) is 2.93. The Kier molecular flexibility index (Phi) is 4.56. The standard InChI is InChI=1S/C14H18O3/c15-14(17-13-8-4-5-9-13)11-16-10-12-6-2-1-3-7-12/h1-3,6-7,13H,4-5,8-11H2. The first-order valence-electron chi connectivity index (χ1n) is 6.16. The molecule has 0 heterocycles. The van der Waals surface area contributed by atoms with Crippen LogP contribution in [0.25, 0.3) is 0 Å². The highest BCUT2D eigenvalue weighted by atomic mass is 16.6. The summed E-state index contributed by atoms with van der Waals surface area (Å²) in [6.45, 7) is 0.506. The second-order valence-electron chi connectivity index (χ2n) is 4.37. The molecule has 0 N–H and O–H groups in total. The Bertz CT molecular complexity index is 342. The Morgan fingerprint density at radius 3 is 2.59 bits per heavy atom. The maximum Gasteiger partial charge on any atom is 0.332 e. The van der Waals surface area contributed by atoms with E-state index in [4.69, 9.17) is 9.47 Å². The van der Waals surface area contributed by atoms with Crippen molar-refractivity contribution in [1.29, 1.82) is 0 Å². The monoisotopic (exact) mass is 234 g/mol. The van der Waals surface area contributed by atoms with Crippen LogP contribution in [-0.4, -0.2) is 18.7 Å². The van der Waals surface area contributed by atoms with E-state index in [0.29, 0.717) is 6.61 Å². The number of carbonyl (C=O) groups is 1. The minimum atomic E-state index is -0.243. The molecule has 1 saturated carbocycles. The van der Waals surface area contributed by atoms with E-state index in [-0.39, 0.29) is 18.7 Å². The molecular formula is C14H18O3. The number of ether oxygens (including phenoxy) is 2. The lowest BCUT2D eigenvalue weighted by molar-refractivity contribution is -0.154. The van der Waals surface area contributed by atoms with Crippen molar-refractivity contribution in [1.82, 2.24) is 0 Å². The number of benzene rings is 1. The van der Waals surface area contributed by atoms with E-state index in [1.54, 1.807) is 0 Å². The number of esters is 1. The van der Waals surface area contributed by atoms with Crippen LogP contribution in [0, 0.1) is 0 Å². The molecule has 1 aromatic rings. The molecular weight excluding hydrogens is 216 g/mol. The van der Waals surface area contributed by atoms with Crippen LogP contribution < -0.4 is 0 Å². The Morgan fingerprint density at radius 2 is 1.88 bits per heavy atom. The van der Waals surface area contributed by atoms with E-state index in [2.05, 4.69) is 0 Å². The molecule has 1 aromatic carbocycles. The van der Waals surface area contributed by atoms with Gasteiger partial charge in [-0.05, 0) is 31.2 Å². The van der Waals surface area contributed by atoms with Crippen molar-refractivity contribution < 1.29 is 14.3 Å². The molecule has 17 heavy (non-hydrogen) atoms. The van der Waals surface area contributed by atoms with Crippen molar-refractivity contribution in [3.63, 3.8) is 0 Å². The lowest BCUT2D eigenvalue weighted by Crippen LogP contribution is -2.19. The smallest absolute Gasteiger partial charge is 0.332 e. The molecule has 0 amide bonds. The summed E-state index contributed by atoms with van der Waals surface area (Å²) in [5.74, 6) is -0.243. The maximum absolute atomic E-state index is 11.4. The van der Waals surface area contributed by atoms with Gasteiger partial charge in [-0.25, -0.2) is 4.79 Å². The highest BCUT2D eigenvalue weighted by Gasteiger charge is 2.18. The van der Waals surface area contributed by atoms with Gasteiger partial charge in [0, 0.05) is 0 Å². The van der Waals surface area contributed by atoms with Crippen LogP contribution in [0.5, 0.6) is 0 Å². The molecule has 0 radical (unpaired) electrons. The zero-order chi connectivity index (χ0) is 11.9. The minimum Gasteiger partial charge on any atom is -0.461 e. The van der Waals surface area contributed by atoms with Gasteiger partial charge in [-0.15, -0.1) is 0 Å². The van der Waals surface area contributed by atoms with Gasteiger partial charge in [0.05, 0.1) is 6.61 Å². The number of carbonyl (C=O) groups excluding carboxylic acids is 1. The summed E-state index contributed by atoms with van der Waals surface area (Å²) in [5.41, 5.74) is 1.07. The van der Waals surface area contributed by atoms with Crippen LogP contribution in [0.4, 0.5) is 0 Å². The van der Waals surface area contributed by atoms with Gasteiger partial charge in [0.15, 0.2) is 0 Å². The van der Waals surface area contributed by atoms with Gasteiger partial charge < -0.3 is 9.47 Å². The van der Waals surface area contributed by atoms with Crippen molar-refractivity contribution in [3.8, 4) is 0 Å². The highest BCUT2D eigenvalue weighted by molar-refractivity contribution is 5.70. The van der Waals surface area contributed by atoms with E-state index in [0.717, 1.165) is 18.4 Å². The molecule has 0 unspecified atom stereocenters. The third-order valence-corrected chi connectivity index (χ3v) is 2.93. The first-order valence-corrected chi connectivity index (χ1v) is 6.16. The highest BCUT2D eigenvalue weighted by Crippen LogP contribution is 2.20. The van der Waals surface area contributed by atoms with Crippen LogP contribution in [-0.2, 0) is 20.9 Å². The van der Waals surface area contributed by atoms with Gasteiger partial charge in [0.1, 0.15) is 12.7 Å². The van der Waals surface area contributed by atoms with Gasteiger partial charge in [0.2, 0.25) is 0 Å². The lowest BCUT2D eigenvalue weighted by atomic mass is 10.2. The second kappa shape index (κ2) is 6.40. The number of hydrogen-bond donors (Lipinski definition) is 0. The van der Waals surface area contributed by atoms with Crippen LogP contribution >= 0.6 is 0 Å². The molecule has 3 heteroatoms. The van der Waals surface area contributed by atoms with Gasteiger partial charge in [0.25, 0.3) is 0 Å². The zero-order valence-electron chi connectivity index (χ0n) is 9.93. The molecule has 92 valence electrons. The average molecular weight is 234 g/mol. The summed E-state index contributed by atoms with van der Waals surface area (Å²) >= 11 is 0. The summed E-state index contributed by atoms with van der Waals surface area (Å²) in [6.07, 6.45) is 4.48. The molecule has 1 fully saturated rings. The van der Waals surface area contributed by atoms with E-state index in [1.165, 1.54) is 12.8 Å². The second-order valence-corrected chi connectivity index (χ2v) is 4.37. The third kappa shape index (κ3) is 4.19. The van der Waals surface area contributed by atoms with Crippen LogP contribution in [0.15, 0.2) is 30.3 Å². The fourth-order valence-electron chi connectivity index (χ4n) is 2.05. The predicted octanol–water partition coefficient (Wildman–Crippen LogP) is 2.69. The fourth-order valence-corrected chi connectivity index (χ4v) is 2.05. The van der Waals surface area contributed by atoms with Gasteiger partial charge in [-0.3, -0.25) is 0 Å². The van der Waals surface area contributed by atoms with Crippen LogP contribution in [0.1, 0.15) is 31.2 Å². The van der Waals surface area contributed by atoms with Crippen molar-refractivity contribution in [3.05, 3.63) is 35.9 Å². The van der Waals surface area contributed by atoms with E-state index in [1.807, 2.05) is 30.3 Å². The SMILES string of the molecule is O=C(COCc1ccccc1)OC1CCCC1. The number of rotatable bonds is 5. The summed E-state index contributed by atoms with van der Waals surface area (Å²) in [6, 6.07) is 9.81. The summed E-state index contributed by atoms with van der Waals surface area (Å²) in [7, 11) is 0. The molecule has 2 rings (SSSR count). The van der Waals surface area contributed by atoms with Gasteiger partial charge in [-0.1, -0.05) is 30.3 Å². The van der Waals surface area contributed by atoms with Crippen LogP contribution in [0.3, 0.4) is 0 Å². The lowest BCUT2D eigenvalue weighted by Gasteiger charge is -2.11. The van der Waals surface area contributed by atoms with Crippen LogP contribution in [0.2, 0.25) is 0 Å². The Morgan fingerprint density at radius 1 is 1.18 bits per heavy atom. The van der Waals surface area contributed by atoms with E-state index >= 15 is 0 Å². The van der Waals surface area contributed by atoms with Crippen molar-refractivity contribution in [2.24, 2.45) is 0 Å².